The van der Waals surface area contributed by atoms with E-state index in [4.69, 9.17) is 44.3 Å². The minimum absolute atomic E-state index is 0.0123. The average molecular weight is 394 g/mol. The molecule has 1 aromatic carbocycles. The molecule has 7 heteroatoms. The number of ether oxygens (including phenoxy) is 2. The lowest BCUT2D eigenvalue weighted by Crippen LogP contribution is -2.08. The smallest absolute Gasteiger partial charge is 0.336 e. The summed E-state index contributed by atoms with van der Waals surface area (Å²) in [6, 6.07) is 2.79. The van der Waals surface area contributed by atoms with Crippen LogP contribution in [0.2, 0.25) is 15.1 Å². The van der Waals surface area contributed by atoms with Gasteiger partial charge in [-0.3, -0.25) is 0 Å². The summed E-state index contributed by atoms with van der Waals surface area (Å²) in [5.41, 5.74) is 0. The Labute approximate surface area is 156 Å². The zero-order valence-corrected chi connectivity index (χ0v) is 15.6. The lowest BCUT2D eigenvalue weighted by atomic mass is 10.2. The number of hydrogen-bond donors (Lipinski definition) is 0. The molecule has 24 heavy (non-hydrogen) atoms. The van der Waals surface area contributed by atoms with Gasteiger partial charge in [0.25, 0.3) is 0 Å². The van der Waals surface area contributed by atoms with Crippen LogP contribution in [-0.4, -0.2) is 18.5 Å². The molecule has 0 amide bonds. The maximum absolute atomic E-state index is 11.7. The Kier molecular flexibility index (Phi) is 9.84. The van der Waals surface area contributed by atoms with Crippen molar-refractivity contribution in [2.45, 2.75) is 39.0 Å². The van der Waals surface area contributed by atoms with Crippen molar-refractivity contribution in [3.8, 4) is 5.75 Å². The van der Waals surface area contributed by atoms with E-state index in [9.17, 15) is 9.59 Å². The third-order valence-corrected chi connectivity index (χ3v) is 3.79. The second-order valence-corrected chi connectivity index (χ2v) is 6.29. The van der Waals surface area contributed by atoms with Crippen molar-refractivity contribution in [1.82, 2.24) is 0 Å². The van der Waals surface area contributed by atoms with Crippen LogP contribution in [0, 0.1) is 0 Å². The van der Waals surface area contributed by atoms with Gasteiger partial charge in [0.1, 0.15) is 0 Å². The van der Waals surface area contributed by atoms with E-state index in [0.717, 1.165) is 37.8 Å². The molecule has 0 saturated heterocycles. The number of rotatable bonds is 9. The number of hydrogen-bond acceptors (Lipinski definition) is 4. The highest BCUT2D eigenvalue weighted by atomic mass is 35.5. The molecule has 0 saturated carbocycles. The second kappa shape index (κ2) is 11.3. The van der Waals surface area contributed by atoms with Crippen LogP contribution < -0.4 is 4.74 Å². The van der Waals surface area contributed by atoms with E-state index < -0.39 is 11.9 Å². The highest BCUT2D eigenvalue weighted by Gasteiger charge is 2.12. The summed E-state index contributed by atoms with van der Waals surface area (Å²) in [5.74, 6) is -1.40. The predicted octanol–water partition coefficient (Wildman–Crippen LogP) is 5.62. The van der Waals surface area contributed by atoms with Gasteiger partial charge in [-0.2, -0.15) is 0 Å². The first-order valence-corrected chi connectivity index (χ1v) is 8.78. The molecule has 0 radical (unpaired) electrons. The van der Waals surface area contributed by atoms with Gasteiger partial charge in [0.2, 0.25) is 0 Å². The molecule has 0 aromatic heterocycles. The maximum Gasteiger partial charge on any atom is 0.336 e. The van der Waals surface area contributed by atoms with Crippen molar-refractivity contribution in [2.24, 2.45) is 0 Å². The second-order valence-electron chi connectivity index (χ2n) is 5.03. The van der Waals surface area contributed by atoms with Gasteiger partial charge in [-0.05, 0) is 18.6 Å². The summed E-state index contributed by atoms with van der Waals surface area (Å²) in [4.78, 5) is 23.2. The molecule has 0 aliphatic heterocycles. The highest BCUT2D eigenvalue weighted by Crippen LogP contribution is 2.35. The third kappa shape index (κ3) is 8.04. The number of carbonyl (C=O) groups excluding carboxylic acids is 2. The molecule has 0 heterocycles. The zero-order valence-electron chi connectivity index (χ0n) is 13.3. The fourth-order valence-corrected chi connectivity index (χ4v) is 2.72. The number of esters is 2. The molecule has 1 rings (SSSR count). The molecule has 0 aliphatic rings. The first kappa shape index (κ1) is 20.8. The lowest BCUT2D eigenvalue weighted by molar-refractivity contribution is -0.138. The Morgan fingerprint density at radius 2 is 1.54 bits per heavy atom. The molecule has 0 unspecified atom stereocenters. The van der Waals surface area contributed by atoms with E-state index >= 15 is 0 Å². The van der Waals surface area contributed by atoms with Gasteiger partial charge in [-0.1, -0.05) is 67.4 Å². The number of carbonyl (C=O) groups is 2. The number of halogens is 3. The van der Waals surface area contributed by atoms with E-state index in [1.54, 1.807) is 0 Å². The van der Waals surface area contributed by atoms with Crippen molar-refractivity contribution in [3.63, 3.8) is 0 Å². The van der Waals surface area contributed by atoms with Gasteiger partial charge in [0.05, 0.1) is 16.7 Å². The van der Waals surface area contributed by atoms with Gasteiger partial charge in [-0.25, -0.2) is 9.59 Å². The van der Waals surface area contributed by atoms with Gasteiger partial charge < -0.3 is 9.47 Å². The van der Waals surface area contributed by atoms with Gasteiger partial charge in [0, 0.05) is 17.2 Å². The third-order valence-electron chi connectivity index (χ3n) is 3.01. The van der Waals surface area contributed by atoms with Crippen molar-refractivity contribution < 1.29 is 19.1 Å². The Morgan fingerprint density at radius 1 is 0.958 bits per heavy atom. The minimum atomic E-state index is -0.791. The summed E-state index contributed by atoms with van der Waals surface area (Å²) in [5, 5.41) is 0.524. The van der Waals surface area contributed by atoms with E-state index in [0.29, 0.717) is 11.6 Å². The fourth-order valence-electron chi connectivity index (χ4n) is 1.82. The Bertz CT molecular complexity index is 576. The topological polar surface area (TPSA) is 52.6 Å². The highest BCUT2D eigenvalue weighted by molar-refractivity contribution is 6.40. The minimum Gasteiger partial charge on any atom is -0.463 e. The zero-order chi connectivity index (χ0) is 17.9. The average Bonchev–Trinajstić information content (AvgIpc) is 2.52. The summed E-state index contributed by atoms with van der Waals surface area (Å²) in [6.45, 7) is 2.46. The molecule has 0 atom stereocenters. The summed E-state index contributed by atoms with van der Waals surface area (Å²) < 4.78 is 9.98. The van der Waals surface area contributed by atoms with Crippen LogP contribution in [0.5, 0.6) is 5.75 Å². The van der Waals surface area contributed by atoms with Crippen molar-refractivity contribution in [3.05, 3.63) is 39.4 Å². The van der Waals surface area contributed by atoms with Gasteiger partial charge >= 0.3 is 11.9 Å². The monoisotopic (exact) mass is 392 g/mol. The van der Waals surface area contributed by atoms with Crippen molar-refractivity contribution >= 4 is 46.7 Å². The molecule has 4 nitrogen and oxygen atoms in total. The molecule has 1 aromatic rings. The van der Waals surface area contributed by atoms with Gasteiger partial charge in [0.15, 0.2) is 5.75 Å². The SMILES string of the molecule is CCCCCCCOC(=O)/C=C/C(=O)Oc1c(Cl)cc(Cl)cc1Cl. The fraction of sp³-hybridized carbons (Fsp3) is 0.412. The summed E-state index contributed by atoms with van der Waals surface area (Å²) >= 11 is 17.6. The first-order chi connectivity index (χ1) is 11.4. The summed E-state index contributed by atoms with van der Waals surface area (Å²) in [7, 11) is 0. The van der Waals surface area contributed by atoms with Crippen LogP contribution in [0.15, 0.2) is 24.3 Å². The van der Waals surface area contributed by atoms with Crippen molar-refractivity contribution in [2.75, 3.05) is 6.61 Å². The van der Waals surface area contributed by atoms with Crippen LogP contribution in [-0.2, 0) is 14.3 Å². The van der Waals surface area contributed by atoms with Crippen LogP contribution >= 0.6 is 34.8 Å². The Hall–Kier alpha value is -1.23. The summed E-state index contributed by atoms with van der Waals surface area (Å²) in [6.07, 6.45) is 7.24. The molecule has 0 spiro atoms. The van der Waals surface area contributed by atoms with Crippen molar-refractivity contribution in [1.29, 1.82) is 0 Å². The van der Waals surface area contributed by atoms with Crippen LogP contribution in [0.1, 0.15) is 39.0 Å². The first-order valence-electron chi connectivity index (χ1n) is 7.65. The lowest BCUT2D eigenvalue weighted by Gasteiger charge is -2.06. The van der Waals surface area contributed by atoms with Crippen LogP contribution in [0.25, 0.3) is 0 Å². The number of unbranched alkanes of at least 4 members (excludes halogenated alkanes) is 4. The predicted molar refractivity (Wildman–Crippen MR) is 96.0 cm³/mol. The maximum atomic E-state index is 11.7. The molecule has 0 fully saturated rings. The van der Waals surface area contributed by atoms with Crippen LogP contribution in [0.3, 0.4) is 0 Å². The molecule has 0 bridgehead atoms. The molecular weight excluding hydrogens is 375 g/mol. The van der Waals surface area contributed by atoms with Gasteiger partial charge in [-0.15, -0.1) is 0 Å². The van der Waals surface area contributed by atoms with E-state index in [1.807, 2.05) is 0 Å². The van der Waals surface area contributed by atoms with E-state index in [1.165, 1.54) is 18.6 Å². The largest absolute Gasteiger partial charge is 0.463 e. The molecular formula is C17H19Cl3O4. The Balaban J connectivity index is 2.39. The quantitative estimate of drug-likeness (QED) is 0.236. The van der Waals surface area contributed by atoms with Crippen LogP contribution in [0.4, 0.5) is 0 Å². The Morgan fingerprint density at radius 3 is 2.17 bits per heavy atom. The van der Waals surface area contributed by atoms with E-state index in [-0.39, 0.29) is 15.8 Å². The molecule has 0 aliphatic carbocycles. The normalized spacial score (nSPS) is 10.8. The molecule has 0 N–H and O–H groups in total. The standard InChI is InChI=1S/C17H19Cl3O4/c1-2-3-4-5-6-9-23-15(21)7-8-16(22)24-17-13(19)10-12(18)11-14(17)20/h7-8,10-11H,2-6,9H2,1H3/b8-7+. The van der Waals surface area contributed by atoms with E-state index in [2.05, 4.69) is 6.92 Å². The molecule has 132 valence electrons. The number of benzene rings is 1.